The number of rotatable bonds is 4. The van der Waals surface area contributed by atoms with Crippen LogP contribution in [0.1, 0.15) is 24.3 Å². The maximum atomic E-state index is 13.8. The Morgan fingerprint density at radius 2 is 1.92 bits per heavy atom. The second kappa shape index (κ2) is 7.07. The average molecular weight is 351 g/mol. The van der Waals surface area contributed by atoms with E-state index in [0.717, 1.165) is 25.1 Å². The lowest BCUT2D eigenvalue weighted by Gasteiger charge is -2.29. The monoisotopic (exact) mass is 351 g/mol. The van der Waals surface area contributed by atoms with E-state index in [-0.39, 0.29) is 23.8 Å². The van der Waals surface area contributed by atoms with Gasteiger partial charge in [-0.3, -0.25) is 4.79 Å². The predicted octanol–water partition coefficient (Wildman–Crippen LogP) is 3.79. The predicted molar refractivity (Wildman–Crippen MR) is 95.1 cm³/mol. The van der Waals surface area contributed by atoms with E-state index >= 15 is 0 Å². The van der Waals surface area contributed by atoms with E-state index in [9.17, 15) is 9.18 Å². The van der Waals surface area contributed by atoms with E-state index in [0.29, 0.717) is 12.3 Å². The van der Waals surface area contributed by atoms with Crippen LogP contribution in [0.3, 0.4) is 0 Å². The van der Waals surface area contributed by atoms with Crippen LogP contribution >= 0.6 is 0 Å². The normalized spacial score (nSPS) is 13.5. The van der Waals surface area contributed by atoms with Crippen molar-refractivity contribution >= 4 is 11.6 Å². The molecule has 0 fully saturated rings. The number of nitrogens with zero attached hydrogens (tertiary/aromatic N) is 3. The number of benzene rings is 2. The lowest BCUT2D eigenvalue weighted by molar-refractivity contribution is -0.118. The highest BCUT2D eigenvalue weighted by Crippen LogP contribution is 2.27. The first-order chi connectivity index (χ1) is 12.7. The molecule has 4 rings (SSSR count). The first-order valence-corrected chi connectivity index (χ1v) is 8.68. The fourth-order valence-electron chi connectivity index (χ4n) is 3.24. The van der Waals surface area contributed by atoms with Gasteiger partial charge in [-0.05, 0) is 36.6 Å². The van der Waals surface area contributed by atoms with Crippen molar-refractivity contribution in [2.45, 2.75) is 25.7 Å². The second-order valence-electron chi connectivity index (χ2n) is 6.26. The Balaban J connectivity index is 1.44. The van der Waals surface area contributed by atoms with Gasteiger partial charge in [0.2, 0.25) is 11.8 Å². The lowest BCUT2D eigenvalue weighted by Crippen LogP contribution is -2.35. The molecule has 1 aliphatic heterocycles. The Bertz CT molecular complexity index is 938. The third-order valence-electron chi connectivity index (χ3n) is 4.54. The first kappa shape index (κ1) is 16.4. The molecule has 0 saturated heterocycles. The minimum atomic E-state index is -0.413. The number of aryl methyl sites for hydroxylation is 2. The summed E-state index contributed by atoms with van der Waals surface area (Å²) in [7, 11) is 0. The van der Waals surface area contributed by atoms with Gasteiger partial charge in [-0.1, -0.05) is 30.3 Å². The molecule has 3 aromatic rings. The van der Waals surface area contributed by atoms with Crippen molar-refractivity contribution in [1.29, 1.82) is 0 Å². The molecule has 0 bridgehead atoms. The number of anilines is 1. The van der Waals surface area contributed by atoms with Crippen molar-refractivity contribution < 1.29 is 13.6 Å². The lowest BCUT2D eigenvalue weighted by atomic mass is 10.0. The molecule has 2 aromatic carbocycles. The third-order valence-corrected chi connectivity index (χ3v) is 4.54. The molecule has 0 radical (unpaired) electrons. The Labute approximate surface area is 150 Å². The molecule has 0 atom stereocenters. The van der Waals surface area contributed by atoms with Gasteiger partial charge in [0.05, 0.1) is 5.56 Å². The minimum absolute atomic E-state index is 0.0304. The zero-order valence-electron chi connectivity index (χ0n) is 14.2. The summed E-state index contributed by atoms with van der Waals surface area (Å²) < 4.78 is 19.3. The molecular formula is C20H18FN3O2. The highest BCUT2D eigenvalue weighted by atomic mass is 19.1. The molecule has 1 aromatic heterocycles. The summed E-state index contributed by atoms with van der Waals surface area (Å²) in [5.74, 6) is 0.0854. The van der Waals surface area contributed by atoms with Gasteiger partial charge >= 0.3 is 0 Å². The summed E-state index contributed by atoms with van der Waals surface area (Å²) in [5.41, 5.74) is 2.45. The number of carbonyl (C=O) groups excluding carboxylic acids is 1. The minimum Gasteiger partial charge on any atom is -0.421 e. The number of hydrogen-bond acceptors (Lipinski definition) is 4. The summed E-state index contributed by atoms with van der Waals surface area (Å²) in [4.78, 5) is 14.5. The van der Waals surface area contributed by atoms with Crippen LogP contribution in [0.2, 0.25) is 0 Å². The largest absolute Gasteiger partial charge is 0.421 e. The highest BCUT2D eigenvalue weighted by molar-refractivity contribution is 5.94. The number of amides is 1. The third kappa shape index (κ3) is 3.22. The van der Waals surface area contributed by atoms with E-state index < -0.39 is 5.82 Å². The molecule has 132 valence electrons. The molecule has 0 saturated carbocycles. The molecule has 26 heavy (non-hydrogen) atoms. The average Bonchev–Trinajstić information content (AvgIpc) is 3.15. The van der Waals surface area contributed by atoms with Crippen molar-refractivity contribution in [3.05, 3.63) is 65.8 Å². The van der Waals surface area contributed by atoms with E-state index in [1.54, 1.807) is 18.2 Å². The molecule has 1 amide bonds. The van der Waals surface area contributed by atoms with Crippen molar-refractivity contribution in [2.75, 3.05) is 11.4 Å². The van der Waals surface area contributed by atoms with E-state index in [4.69, 9.17) is 4.42 Å². The smallest absolute Gasteiger partial charge is 0.250 e. The van der Waals surface area contributed by atoms with Gasteiger partial charge < -0.3 is 9.32 Å². The fourth-order valence-corrected chi connectivity index (χ4v) is 3.24. The molecule has 6 heteroatoms. The molecule has 0 aliphatic carbocycles. The Morgan fingerprint density at radius 3 is 2.81 bits per heavy atom. The SMILES string of the molecule is O=C(CCc1nnc(-c2ccccc2F)o1)N1CCCc2ccccc21. The molecule has 0 spiro atoms. The number of hydrogen-bond donors (Lipinski definition) is 0. The molecule has 0 unspecified atom stereocenters. The summed E-state index contributed by atoms with van der Waals surface area (Å²) in [5, 5.41) is 7.83. The van der Waals surface area contributed by atoms with Crippen LogP contribution in [0.5, 0.6) is 0 Å². The Hall–Kier alpha value is -3.02. The van der Waals surface area contributed by atoms with Gasteiger partial charge in [-0.2, -0.15) is 0 Å². The molecule has 0 N–H and O–H groups in total. The standard InChI is InChI=1S/C20H18FN3O2/c21-16-9-3-2-8-15(16)20-23-22-18(26-20)11-12-19(25)24-13-5-7-14-6-1-4-10-17(14)24/h1-4,6,8-10H,5,7,11-13H2. The van der Waals surface area contributed by atoms with Crippen molar-refractivity contribution in [3.63, 3.8) is 0 Å². The summed E-state index contributed by atoms with van der Waals surface area (Å²) in [6, 6.07) is 14.2. The van der Waals surface area contributed by atoms with Crippen LogP contribution in [-0.4, -0.2) is 22.6 Å². The van der Waals surface area contributed by atoms with Crippen LogP contribution in [0, 0.1) is 5.82 Å². The quantitative estimate of drug-likeness (QED) is 0.718. The second-order valence-corrected chi connectivity index (χ2v) is 6.26. The maximum absolute atomic E-state index is 13.8. The van der Waals surface area contributed by atoms with E-state index in [2.05, 4.69) is 16.3 Å². The summed E-state index contributed by atoms with van der Waals surface area (Å²) in [6.07, 6.45) is 2.56. The van der Waals surface area contributed by atoms with Gasteiger partial charge in [0.15, 0.2) is 0 Å². The molecular weight excluding hydrogens is 333 g/mol. The van der Waals surface area contributed by atoms with E-state index in [1.165, 1.54) is 11.6 Å². The van der Waals surface area contributed by atoms with Gasteiger partial charge in [-0.25, -0.2) is 4.39 Å². The van der Waals surface area contributed by atoms with Crippen molar-refractivity contribution in [3.8, 4) is 11.5 Å². The van der Waals surface area contributed by atoms with Gasteiger partial charge in [-0.15, -0.1) is 10.2 Å². The van der Waals surface area contributed by atoms with E-state index in [1.807, 2.05) is 23.1 Å². The zero-order chi connectivity index (χ0) is 17.9. The molecule has 2 heterocycles. The Morgan fingerprint density at radius 1 is 1.12 bits per heavy atom. The van der Waals surface area contributed by atoms with Crippen molar-refractivity contribution in [2.24, 2.45) is 0 Å². The van der Waals surface area contributed by atoms with Crippen LogP contribution < -0.4 is 4.90 Å². The van der Waals surface area contributed by atoms with Gasteiger partial charge in [0.1, 0.15) is 5.82 Å². The number of aromatic nitrogens is 2. The molecule has 5 nitrogen and oxygen atoms in total. The molecule has 1 aliphatic rings. The summed E-state index contributed by atoms with van der Waals surface area (Å²) in [6.45, 7) is 0.722. The zero-order valence-corrected chi connectivity index (χ0v) is 14.2. The topological polar surface area (TPSA) is 59.2 Å². The highest BCUT2D eigenvalue weighted by Gasteiger charge is 2.22. The number of para-hydroxylation sites is 1. The number of halogens is 1. The van der Waals surface area contributed by atoms with Crippen LogP contribution in [0.4, 0.5) is 10.1 Å². The first-order valence-electron chi connectivity index (χ1n) is 8.68. The number of fused-ring (bicyclic) bond motifs is 1. The Kier molecular flexibility index (Phi) is 4.48. The summed E-state index contributed by atoms with van der Waals surface area (Å²) >= 11 is 0. The van der Waals surface area contributed by atoms with Crippen LogP contribution in [0.25, 0.3) is 11.5 Å². The number of carbonyl (C=O) groups is 1. The van der Waals surface area contributed by atoms with Crippen molar-refractivity contribution in [1.82, 2.24) is 10.2 Å². The van der Waals surface area contributed by atoms with Crippen LogP contribution in [-0.2, 0) is 17.6 Å². The fraction of sp³-hybridized carbons (Fsp3) is 0.250. The van der Waals surface area contributed by atoms with Gasteiger partial charge in [0.25, 0.3) is 5.89 Å². The van der Waals surface area contributed by atoms with Gasteiger partial charge in [0, 0.05) is 25.1 Å². The maximum Gasteiger partial charge on any atom is 0.250 e. The van der Waals surface area contributed by atoms with Crippen LogP contribution in [0.15, 0.2) is 52.9 Å².